The van der Waals surface area contributed by atoms with Crippen LogP contribution >= 0.6 is 0 Å². The van der Waals surface area contributed by atoms with E-state index in [-0.39, 0.29) is 27.8 Å². The molecule has 1 aliphatic rings. The van der Waals surface area contributed by atoms with E-state index in [2.05, 4.69) is 0 Å². The maximum absolute atomic E-state index is 7.61. The summed E-state index contributed by atoms with van der Waals surface area (Å²) in [7, 11) is 0. The molecule has 0 bridgehead atoms. The Balaban J connectivity index is 0.000001000. The number of hydrogen-bond acceptors (Lipinski definition) is 0. The van der Waals surface area contributed by atoms with Gasteiger partial charge in [-0.25, -0.2) is 0 Å². The second-order valence-electron chi connectivity index (χ2n) is 3.40. The predicted molar refractivity (Wildman–Crippen MR) is 45.0 cm³/mol. The fourth-order valence-corrected chi connectivity index (χ4v) is 1.63. The van der Waals surface area contributed by atoms with Crippen LogP contribution in [0.15, 0.2) is 0 Å². The van der Waals surface area contributed by atoms with Crippen molar-refractivity contribution in [2.75, 3.05) is 0 Å². The van der Waals surface area contributed by atoms with Crippen LogP contribution in [0.3, 0.4) is 0 Å². The summed E-state index contributed by atoms with van der Waals surface area (Å²) in [6, 6.07) is 0.262. The summed E-state index contributed by atoms with van der Waals surface area (Å²) >= 11 is 0. The molecule has 0 atom stereocenters. The van der Waals surface area contributed by atoms with Gasteiger partial charge in [0.05, 0.1) is 0 Å². The molecule has 1 aliphatic carbocycles. The zero-order valence-electron chi connectivity index (χ0n) is 7.23. The average molecular weight is 188 g/mol. The Morgan fingerprint density at radius 1 is 0.727 bits per heavy atom. The summed E-state index contributed by atoms with van der Waals surface area (Å²) in [4.78, 5) is 0. The van der Waals surface area contributed by atoms with E-state index in [1.807, 2.05) is 0 Å². The molecule has 0 aromatic rings. The van der Waals surface area contributed by atoms with E-state index in [0.29, 0.717) is 0 Å². The van der Waals surface area contributed by atoms with E-state index in [1.54, 1.807) is 0 Å². The molecule has 0 unspecified atom stereocenters. The molecule has 2 heteroatoms. The Morgan fingerprint density at radius 3 is 1.55 bits per heavy atom. The third kappa shape index (κ3) is 5.89. The van der Waals surface area contributed by atoms with Crippen LogP contribution in [0, 0.1) is 0 Å². The molecule has 0 saturated heterocycles. The van der Waals surface area contributed by atoms with Crippen molar-refractivity contribution in [1.29, 1.82) is 0 Å². The zero-order valence-corrected chi connectivity index (χ0v) is 8.80. The molecule has 0 aromatic heterocycles. The van der Waals surface area contributed by atoms with Crippen LogP contribution in [0.1, 0.15) is 51.4 Å². The van der Waals surface area contributed by atoms with Crippen molar-refractivity contribution in [2.24, 2.45) is 0 Å². The van der Waals surface area contributed by atoms with Crippen LogP contribution in [0.2, 0.25) is 0 Å². The van der Waals surface area contributed by atoms with Gasteiger partial charge in [-0.15, -0.1) is 6.04 Å². The summed E-state index contributed by atoms with van der Waals surface area (Å²) in [5, 5.41) is 0. The van der Waals surface area contributed by atoms with Crippen molar-refractivity contribution in [3.05, 3.63) is 5.73 Å². The van der Waals surface area contributed by atoms with E-state index in [0.717, 1.165) is 12.8 Å². The molecule has 1 N–H and O–H groups in total. The maximum atomic E-state index is 7.61. The quantitative estimate of drug-likeness (QED) is 0.519. The SMILES string of the molecule is [NH-]C1CCCCCCCC1.[Ti]. The summed E-state index contributed by atoms with van der Waals surface area (Å²) < 4.78 is 0. The molecular formula is C9H18NTi-. The zero-order chi connectivity index (χ0) is 7.23. The van der Waals surface area contributed by atoms with Crippen molar-refractivity contribution >= 4 is 0 Å². The van der Waals surface area contributed by atoms with Gasteiger partial charge >= 0.3 is 0 Å². The van der Waals surface area contributed by atoms with Gasteiger partial charge in [0.2, 0.25) is 0 Å². The molecule has 0 aliphatic heterocycles. The fourth-order valence-electron chi connectivity index (χ4n) is 1.63. The van der Waals surface area contributed by atoms with Gasteiger partial charge in [-0.2, -0.15) is 0 Å². The molecule has 11 heavy (non-hydrogen) atoms. The van der Waals surface area contributed by atoms with Crippen LogP contribution in [0.5, 0.6) is 0 Å². The summed E-state index contributed by atoms with van der Waals surface area (Å²) in [5.74, 6) is 0. The first-order valence-electron chi connectivity index (χ1n) is 4.61. The third-order valence-electron chi connectivity index (χ3n) is 2.36. The van der Waals surface area contributed by atoms with Crippen molar-refractivity contribution in [3.63, 3.8) is 0 Å². The molecule has 1 nitrogen and oxygen atoms in total. The largest absolute Gasteiger partial charge is 0.675 e. The standard InChI is InChI=1S/C9H18N.Ti/c10-9-7-5-3-1-2-4-6-8-9;/h9-10H,1-8H2;/q-1;. The van der Waals surface area contributed by atoms with Gasteiger partial charge in [0.25, 0.3) is 0 Å². The van der Waals surface area contributed by atoms with Crippen LogP contribution in [0.4, 0.5) is 0 Å². The van der Waals surface area contributed by atoms with Crippen LogP contribution in [-0.2, 0) is 21.7 Å². The van der Waals surface area contributed by atoms with E-state index in [4.69, 9.17) is 5.73 Å². The molecule has 0 aromatic carbocycles. The van der Waals surface area contributed by atoms with E-state index >= 15 is 0 Å². The first-order valence-corrected chi connectivity index (χ1v) is 4.61. The van der Waals surface area contributed by atoms with Crippen molar-refractivity contribution in [1.82, 2.24) is 0 Å². The molecular weight excluding hydrogens is 170 g/mol. The number of rotatable bonds is 0. The minimum atomic E-state index is 0. The average Bonchev–Trinajstić information content (AvgIpc) is 2.02. The molecule has 1 fully saturated rings. The Hall–Kier alpha value is 0.674. The van der Waals surface area contributed by atoms with Gasteiger partial charge in [0, 0.05) is 21.7 Å². The van der Waals surface area contributed by atoms with Gasteiger partial charge < -0.3 is 5.73 Å². The monoisotopic (exact) mass is 188 g/mol. The Labute approximate surface area is 85.0 Å². The second kappa shape index (κ2) is 7.33. The van der Waals surface area contributed by atoms with Crippen LogP contribution < -0.4 is 0 Å². The fraction of sp³-hybridized carbons (Fsp3) is 1.00. The third-order valence-corrected chi connectivity index (χ3v) is 2.36. The van der Waals surface area contributed by atoms with Gasteiger partial charge in [0.1, 0.15) is 0 Å². The number of nitrogens with one attached hydrogen (secondary N) is 1. The Kier molecular flexibility index (Phi) is 7.78. The first kappa shape index (κ1) is 11.7. The molecule has 0 radical (unpaired) electrons. The molecule has 64 valence electrons. The molecule has 0 spiro atoms. The predicted octanol–water partition coefficient (Wildman–Crippen LogP) is 3.54. The Morgan fingerprint density at radius 2 is 1.09 bits per heavy atom. The minimum Gasteiger partial charge on any atom is -0.675 e. The number of hydrogen-bond donors (Lipinski definition) is 0. The molecule has 1 saturated carbocycles. The first-order chi connectivity index (χ1) is 4.89. The maximum Gasteiger partial charge on any atom is 0 e. The van der Waals surface area contributed by atoms with Gasteiger partial charge in [-0.3, -0.25) is 0 Å². The topological polar surface area (TPSA) is 23.8 Å². The van der Waals surface area contributed by atoms with Crippen LogP contribution in [-0.4, -0.2) is 6.04 Å². The molecule has 0 amide bonds. The van der Waals surface area contributed by atoms with E-state index in [1.165, 1.54) is 38.5 Å². The van der Waals surface area contributed by atoms with Crippen molar-refractivity contribution < 1.29 is 21.7 Å². The van der Waals surface area contributed by atoms with Crippen molar-refractivity contribution in [3.8, 4) is 0 Å². The second-order valence-corrected chi connectivity index (χ2v) is 3.40. The molecule has 1 rings (SSSR count). The Bertz CT molecular complexity index is 75.6. The van der Waals surface area contributed by atoms with Gasteiger partial charge in [-0.1, -0.05) is 51.4 Å². The van der Waals surface area contributed by atoms with E-state index in [9.17, 15) is 0 Å². The summed E-state index contributed by atoms with van der Waals surface area (Å²) in [6.07, 6.45) is 10.5. The van der Waals surface area contributed by atoms with Crippen molar-refractivity contribution in [2.45, 2.75) is 57.4 Å². The van der Waals surface area contributed by atoms with E-state index < -0.39 is 0 Å². The summed E-state index contributed by atoms with van der Waals surface area (Å²) in [6.45, 7) is 0. The molecule has 0 heterocycles. The van der Waals surface area contributed by atoms with Crippen LogP contribution in [0.25, 0.3) is 5.73 Å². The smallest absolute Gasteiger partial charge is 0 e. The summed E-state index contributed by atoms with van der Waals surface area (Å²) in [5.41, 5.74) is 7.61. The van der Waals surface area contributed by atoms with Gasteiger partial charge in [0.15, 0.2) is 0 Å². The van der Waals surface area contributed by atoms with Gasteiger partial charge in [-0.05, 0) is 0 Å². The normalized spacial score (nSPS) is 22.6. The minimum absolute atomic E-state index is 0.